The average Bonchev–Trinajstić information content (AvgIpc) is 2.09. The molecule has 0 aliphatic carbocycles. The van der Waals surface area contributed by atoms with Crippen LogP contribution in [0.5, 0.6) is 5.88 Å². The van der Waals surface area contributed by atoms with Gasteiger partial charge in [-0.2, -0.15) is 0 Å². The van der Waals surface area contributed by atoms with Gasteiger partial charge < -0.3 is 10.5 Å². The van der Waals surface area contributed by atoms with Crippen LogP contribution in [0.4, 0.5) is 4.39 Å². The van der Waals surface area contributed by atoms with Crippen molar-refractivity contribution in [2.75, 3.05) is 0 Å². The smallest absolute Gasteiger partial charge is 0.261 e. The zero-order valence-corrected chi connectivity index (χ0v) is 9.01. The standard InChI is InChI=1S/C9H10ClFN2O2/c1-9(2,8(12)14)15-7-6(11)3-5(10)4-13-7/h3-4H,1-2H3,(H2,12,14). The maximum atomic E-state index is 13.2. The molecule has 0 bridgehead atoms. The maximum Gasteiger partial charge on any atom is 0.261 e. The highest BCUT2D eigenvalue weighted by Crippen LogP contribution is 2.21. The van der Waals surface area contributed by atoms with Crippen molar-refractivity contribution in [2.24, 2.45) is 5.73 Å². The molecule has 0 aromatic carbocycles. The Morgan fingerprint density at radius 2 is 2.27 bits per heavy atom. The number of hydrogen-bond donors (Lipinski definition) is 1. The van der Waals surface area contributed by atoms with Crippen molar-refractivity contribution in [2.45, 2.75) is 19.4 Å². The highest BCUT2D eigenvalue weighted by molar-refractivity contribution is 6.30. The van der Waals surface area contributed by atoms with Crippen molar-refractivity contribution in [3.8, 4) is 5.88 Å². The summed E-state index contributed by atoms with van der Waals surface area (Å²) in [5.74, 6) is -1.75. The molecule has 1 heterocycles. The molecule has 0 unspecified atom stereocenters. The average molecular weight is 233 g/mol. The zero-order chi connectivity index (χ0) is 11.6. The highest BCUT2D eigenvalue weighted by Gasteiger charge is 2.28. The number of hydrogen-bond acceptors (Lipinski definition) is 3. The van der Waals surface area contributed by atoms with Gasteiger partial charge in [0.05, 0.1) is 5.02 Å². The summed E-state index contributed by atoms with van der Waals surface area (Å²) in [5, 5.41) is 0.150. The lowest BCUT2D eigenvalue weighted by atomic mass is 10.1. The lowest BCUT2D eigenvalue weighted by Crippen LogP contribution is -2.43. The Labute approximate surface area is 91.2 Å². The molecule has 0 saturated carbocycles. The Kier molecular flexibility index (Phi) is 3.14. The second-order valence-corrected chi connectivity index (χ2v) is 3.85. The summed E-state index contributed by atoms with van der Waals surface area (Å²) >= 11 is 5.50. The SMILES string of the molecule is CC(C)(Oc1ncc(Cl)cc1F)C(N)=O. The van der Waals surface area contributed by atoms with E-state index in [1.54, 1.807) is 0 Å². The lowest BCUT2D eigenvalue weighted by molar-refractivity contribution is -0.131. The van der Waals surface area contributed by atoms with Crippen LogP contribution < -0.4 is 10.5 Å². The van der Waals surface area contributed by atoms with Crippen molar-refractivity contribution in [1.82, 2.24) is 4.98 Å². The first kappa shape index (κ1) is 11.7. The molecule has 82 valence electrons. The van der Waals surface area contributed by atoms with E-state index in [9.17, 15) is 9.18 Å². The summed E-state index contributed by atoms with van der Waals surface area (Å²) in [7, 11) is 0. The third kappa shape index (κ3) is 2.79. The number of carbonyl (C=O) groups is 1. The maximum absolute atomic E-state index is 13.2. The molecular formula is C9H10ClFN2O2. The van der Waals surface area contributed by atoms with E-state index in [1.165, 1.54) is 20.0 Å². The van der Waals surface area contributed by atoms with E-state index in [-0.39, 0.29) is 10.9 Å². The van der Waals surface area contributed by atoms with E-state index in [2.05, 4.69) is 4.98 Å². The molecule has 0 aliphatic heterocycles. The number of aromatic nitrogens is 1. The van der Waals surface area contributed by atoms with Crippen molar-refractivity contribution in [1.29, 1.82) is 0 Å². The molecule has 0 radical (unpaired) electrons. The number of rotatable bonds is 3. The summed E-state index contributed by atoms with van der Waals surface area (Å²) in [5.41, 5.74) is 3.74. The van der Waals surface area contributed by atoms with Crippen LogP contribution in [0.1, 0.15) is 13.8 Å². The second kappa shape index (κ2) is 4.02. The van der Waals surface area contributed by atoms with Gasteiger partial charge in [-0.05, 0) is 19.9 Å². The monoisotopic (exact) mass is 232 g/mol. The van der Waals surface area contributed by atoms with Crippen LogP contribution in [-0.4, -0.2) is 16.5 Å². The van der Waals surface area contributed by atoms with Gasteiger partial charge in [0.15, 0.2) is 11.4 Å². The first-order chi connectivity index (χ1) is 6.83. The van der Waals surface area contributed by atoms with Gasteiger partial charge in [0, 0.05) is 6.20 Å². The van der Waals surface area contributed by atoms with Gasteiger partial charge >= 0.3 is 0 Å². The number of halogens is 2. The van der Waals surface area contributed by atoms with E-state index in [4.69, 9.17) is 22.1 Å². The van der Waals surface area contributed by atoms with Crippen LogP contribution in [0.2, 0.25) is 5.02 Å². The predicted octanol–water partition coefficient (Wildman–Crippen LogP) is 1.52. The molecule has 0 atom stereocenters. The molecule has 0 saturated heterocycles. The zero-order valence-electron chi connectivity index (χ0n) is 8.25. The molecular weight excluding hydrogens is 223 g/mol. The minimum absolute atomic E-state index is 0.150. The van der Waals surface area contributed by atoms with Crippen LogP contribution in [-0.2, 0) is 4.79 Å². The van der Waals surface area contributed by atoms with Crippen LogP contribution in [0.25, 0.3) is 0 Å². The number of nitrogens with zero attached hydrogens (tertiary/aromatic N) is 1. The summed E-state index contributed by atoms with van der Waals surface area (Å²) in [6.45, 7) is 2.84. The quantitative estimate of drug-likeness (QED) is 0.859. The van der Waals surface area contributed by atoms with Crippen LogP contribution >= 0.6 is 11.6 Å². The van der Waals surface area contributed by atoms with Crippen molar-refractivity contribution < 1.29 is 13.9 Å². The minimum atomic E-state index is -1.32. The van der Waals surface area contributed by atoms with Crippen molar-refractivity contribution >= 4 is 17.5 Å². The Bertz CT molecular complexity index is 396. The van der Waals surface area contributed by atoms with Crippen LogP contribution in [0, 0.1) is 5.82 Å². The largest absolute Gasteiger partial charge is 0.459 e. The molecule has 6 heteroatoms. The summed E-state index contributed by atoms with van der Waals surface area (Å²) < 4.78 is 18.2. The topological polar surface area (TPSA) is 65.2 Å². The number of nitrogens with two attached hydrogens (primary N) is 1. The van der Waals surface area contributed by atoms with Gasteiger partial charge in [0.25, 0.3) is 11.8 Å². The minimum Gasteiger partial charge on any atom is -0.459 e. The summed E-state index contributed by atoms with van der Waals surface area (Å²) in [6.07, 6.45) is 1.22. The molecule has 1 amide bonds. The van der Waals surface area contributed by atoms with Gasteiger partial charge in [-0.15, -0.1) is 0 Å². The predicted molar refractivity (Wildman–Crippen MR) is 53.1 cm³/mol. The van der Waals surface area contributed by atoms with Crippen LogP contribution in [0.3, 0.4) is 0 Å². The fourth-order valence-corrected chi connectivity index (χ4v) is 0.914. The highest BCUT2D eigenvalue weighted by atomic mass is 35.5. The normalized spacial score (nSPS) is 11.2. The molecule has 15 heavy (non-hydrogen) atoms. The van der Waals surface area contributed by atoms with Gasteiger partial charge in [0.2, 0.25) is 0 Å². The molecule has 4 nitrogen and oxygen atoms in total. The number of carbonyl (C=O) groups excluding carboxylic acids is 1. The van der Waals surface area contributed by atoms with Gasteiger partial charge in [-0.3, -0.25) is 4.79 Å². The Morgan fingerprint density at radius 1 is 1.67 bits per heavy atom. The molecule has 1 rings (SSSR count). The van der Waals surface area contributed by atoms with Crippen molar-refractivity contribution in [3.63, 3.8) is 0 Å². The summed E-state index contributed by atoms with van der Waals surface area (Å²) in [4.78, 5) is 14.5. The molecule has 0 spiro atoms. The third-order valence-corrected chi connectivity index (χ3v) is 1.93. The molecule has 0 aliphatic rings. The third-order valence-electron chi connectivity index (χ3n) is 1.72. The molecule has 1 aromatic heterocycles. The Balaban J connectivity index is 2.95. The summed E-state index contributed by atoms with van der Waals surface area (Å²) in [6, 6.07) is 1.04. The number of primary amides is 1. The number of amides is 1. The second-order valence-electron chi connectivity index (χ2n) is 3.42. The van der Waals surface area contributed by atoms with E-state index < -0.39 is 17.3 Å². The molecule has 2 N–H and O–H groups in total. The van der Waals surface area contributed by atoms with E-state index in [0.29, 0.717) is 0 Å². The number of pyridine rings is 1. The lowest BCUT2D eigenvalue weighted by Gasteiger charge is -2.21. The van der Waals surface area contributed by atoms with Gasteiger partial charge in [-0.25, -0.2) is 9.37 Å². The molecule has 0 fully saturated rings. The van der Waals surface area contributed by atoms with Crippen LogP contribution in [0.15, 0.2) is 12.3 Å². The van der Waals surface area contributed by atoms with Gasteiger partial charge in [-0.1, -0.05) is 11.6 Å². The van der Waals surface area contributed by atoms with E-state index >= 15 is 0 Å². The first-order valence-corrected chi connectivity index (χ1v) is 4.50. The number of ether oxygens (including phenoxy) is 1. The Morgan fingerprint density at radius 3 is 2.73 bits per heavy atom. The van der Waals surface area contributed by atoms with Gasteiger partial charge in [0.1, 0.15) is 0 Å². The molecule has 1 aromatic rings. The fourth-order valence-electron chi connectivity index (χ4n) is 0.769. The van der Waals surface area contributed by atoms with Crippen molar-refractivity contribution in [3.05, 3.63) is 23.1 Å². The van der Waals surface area contributed by atoms with E-state index in [0.717, 1.165) is 6.07 Å². The van der Waals surface area contributed by atoms with E-state index in [1.807, 2.05) is 0 Å². The first-order valence-electron chi connectivity index (χ1n) is 4.13. The Hall–Kier alpha value is -1.36. The fraction of sp³-hybridized carbons (Fsp3) is 0.333.